The van der Waals surface area contributed by atoms with Gasteiger partial charge in [-0.2, -0.15) is 0 Å². The first-order valence-corrected chi connectivity index (χ1v) is 11.4. The molecular formula is C18H22ClN5O4S. The number of fused-ring (bicyclic) bond motifs is 1. The van der Waals surface area contributed by atoms with Crippen LogP contribution >= 0.6 is 11.6 Å². The Morgan fingerprint density at radius 3 is 2.69 bits per heavy atom. The minimum absolute atomic E-state index is 0.100. The van der Waals surface area contributed by atoms with E-state index in [-0.39, 0.29) is 29.5 Å². The number of pyridine rings is 2. The summed E-state index contributed by atoms with van der Waals surface area (Å²) >= 11 is 6.11. The van der Waals surface area contributed by atoms with Crippen molar-refractivity contribution in [3.8, 4) is 5.88 Å². The molecule has 0 radical (unpaired) electrons. The molecule has 1 aliphatic carbocycles. The highest BCUT2D eigenvalue weighted by Gasteiger charge is 2.34. The fourth-order valence-corrected chi connectivity index (χ4v) is 4.93. The lowest BCUT2D eigenvalue weighted by Crippen LogP contribution is -2.37. The number of aromatic nitrogens is 2. The highest BCUT2D eigenvalue weighted by Crippen LogP contribution is 2.38. The minimum atomic E-state index is -3.00. The summed E-state index contributed by atoms with van der Waals surface area (Å²) in [5, 5.41) is 5.53. The van der Waals surface area contributed by atoms with Crippen LogP contribution in [0.15, 0.2) is 23.6 Å². The van der Waals surface area contributed by atoms with Crippen molar-refractivity contribution in [2.75, 3.05) is 25.7 Å². The van der Waals surface area contributed by atoms with E-state index in [1.807, 2.05) is 0 Å². The van der Waals surface area contributed by atoms with Gasteiger partial charge in [-0.25, -0.2) is 18.4 Å². The molecule has 2 aromatic rings. The maximum atomic E-state index is 11.4. The number of sulfone groups is 1. The van der Waals surface area contributed by atoms with Gasteiger partial charge < -0.3 is 9.47 Å². The van der Waals surface area contributed by atoms with Gasteiger partial charge in [0.15, 0.2) is 0 Å². The predicted octanol–water partition coefficient (Wildman–Crippen LogP) is 3.66. The Labute approximate surface area is 173 Å². The smallest absolute Gasteiger partial charge is 0.223 e. The van der Waals surface area contributed by atoms with E-state index < -0.39 is 15.4 Å². The zero-order valence-corrected chi connectivity index (χ0v) is 17.9. The molecule has 11 heteroatoms. The predicted molar refractivity (Wildman–Crippen MR) is 110 cm³/mol. The zero-order chi connectivity index (χ0) is 21.2. The van der Waals surface area contributed by atoms with Crippen LogP contribution in [0, 0.1) is 5.92 Å². The molecular weight excluding hydrogens is 418 g/mol. The summed E-state index contributed by atoms with van der Waals surface area (Å²) in [6.45, 7) is 1.91. The van der Waals surface area contributed by atoms with E-state index in [0.29, 0.717) is 35.1 Å². The van der Waals surface area contributed by atoms with Crippen molar-refractivity contribution >= 4 is 32.2 Å². The maximum absolute atomic E-state index is 11.4. The second-order valence-corrected chi connectivity index (χ2v) is 10.2. The van der Waals surface area contributed by atoms with Crippen molar-refractivity contribution in [3.63, 3.8) is 0 Å². The number of hydrogen-bond donors (Lipinski definition) is 0. The van der Waals surface area contributed by atoms with Gasteiger partial charge in [0.2, 0.25) is 5.88 Å². The van der Waals surface area contributed by atoms with Crippen molar-refractivity contribution in [2.45, 2.75) is 31.4 Å². The Hall–Kier alpha value is -2.13. The molecule has 1 aliphatic rings. The van der Waals surface area contributed by atoms with Gasteiger partial charge in [-0.15, -0.1) is 0 Å². The van der Waals surface area contributed by atoms with Gasteiger partial charge in [-0.1, -0.05) is 16.7 Å². The van der Waals surface area contributed by atoms with Crippen molar-refractivity contribution in [1.29, 1.82) is 0 Å². The number of azide groups is 1. The van der Waals surface area contributed by atoms with Gasteiger partial charge in [0.1, 0.15) is 21.1 Å². The van der Waals surface area contributed by atoms with Crippen LogP contribution in [0.2, 0.25) is 5.15 Å². The second-order valence-electron chi connectivity index (χ2n) is 7.60. The fraction of sp³-hybridized carbons (Fsp3) is 0.556. The molecule has 0 N–H and O–H groups in total. The minimum Gasteiger partial charge on any atom is -0.474 e. The summed E-state index contributed by atoms with van der Waals surface area (Å²) in [7, 11) is -1.48. The van der Waals surface area contributed by atoms with Crippen LogP contribution in [0.3, 0.4) is 0 Å². The molecule has 0 amide bonds. The van der Waals surface area contributed by atoms with Crippen LogP contribution in [-0.2, 0) is 20.1 Å². The van der Waals surface area contributed by atoms with Crippen molar-refractivity contribution in [2.24, 2.45) is 11.0 Å². The Kier molecular flexibility index (Phi) is 6.19. The summed E-state index contributed by atoms with van der Waals surface area (Å²) in [5.41, 5.74) is 8.67. The SMILES string of the molecule is COC[C@@](C)(N=[N+]=[N-])c1cnc(O[C@H]2C[C@H](CS(C)(=O)=O)C2)c2cnc(Cl)cc12. The highest BCUT2D eigenvalue weighted by atomic mass is 35.5. The third-order valence-corrected chi connectivity index (χ3v) is 6.27. The molecule has 0 aliphatic heterocycles. The van der Waals surface area contributed by atoms with Crippen molar-refractivity contribution in [1.82, 2.24) is 9.97 Å². The molecule has 0 bridgehead atoms. The first-order valence-electron chi connectivity index (χ1n) is 8.99. The maximum Gasteiger partial charge on any atom is 0.223 e. The number of ether oxygens (including phenoxy) is 2. The normalized spacial score (nSPS) is 21.1. The monoisotopic (exact) mass is 439 g/mol. The molecule has 2 aromatic heterocycles. The molecule has 9 nitrogen and oxygen atoms in total. The molecule has 0 saturated heterocycles. The van der Waals surface area contributed by atoms with Gasteiger partial charge in [-0.05, 0) is 48.2 Å². The Morgan fingerprint density at radius 1 is 1.34 bits per heavy atom. The van der Waals surface area contributed by atoms with E-state index in [1.54, 1.807) is 25.4 Å². The lowest BCUT2D eigenvalue weighted by Gasteiger charge is -2.35. The van der Waals surface area contributed by atoms with Gasteiger partial charge in [-0.3, -0.25) is 0 Å². The molecule has 0 aromatic carbocycles. The molecule has 0 unspecified atom stereocenters. The molecule has 29 heavy (non-hydrogen) atoms. The Bertz CT molecular complexity index is 1070. The van der Waals surface area contributed by atoms with Crippen LogP contribution in [0.4, 0.5) is 0 Å². The summed E-state index contributed by atoms with van der Waals surface area (Å²) in [5.74, 6) is 0.651. The van der Waals surface area contributed by atoms with E-state index in [1.165, 1.54) is 13.4 Å². The van der Waals surface area contributed by atoms with E-state index in [2.05, 4.69) is 20.0 Å². The third kappa shape index (κ3) is 4.90. The molecule has 2 heterocycles. The number of methoxy groups -OCH3 is 1. The van der Waals surface area contributed by atoms with Gasteiger partial charge >= 0.3 is 0 Å². The number of hydrogen-bond acceptors (Lipinski definition) is 7. The molecule has 1 fully saturated rings. The standard InChI is InChI=1S/C18H22ClN5O4S/c1-18(10-27-2,23-24-20)15-8-22-17(14-7-21-16(19)6-13(14)15)28-12-4-11(5-12)9-29(3,25)26/h6-8,11-12H,4-5,9-10H2,1-3H3/t11-,12-,18-/m1/s1. The summed E-state index contributed by atoms with van der Waals surface area (Å²) < 4.78 is 34.1. The van der Waals surface area contributed by atoms with Crippen molar-refractivity contribution in [3.05, 3.63) is 39.6 Å². The van der Waals surface area contributed by atoms with Crippen LogP contribution < -0.4 is 4.74 Å². The van der Waals surface area contributed by atoms with Crippen LogP contribution in [-0.4, -0.2) is 50.2 Å². The average Bonchev–Trinajstić information content (AvgIpc) is 2.58. The van der Waals surface area contributed by atoms with Gasteiger partial charge in [0.05, 0.1) is 23.3 Å². The molecule has 3 rings (SSSR count). The highest BCUT2D eigenvalue weighted by molar-refractivity contribution is 7.90. The number of rotatable bonds is 8. The lowest BCUT2D eigenvalue weighted by molar-refractivity contribution is 0.0724. The van der Waals surface area contributed by atoms with Gasteiger partial charge in [0.25, 0.3) is 0 Å². The quantitative estimate of drug-likeness (QED) is 0.267. The zero-order valence-electron chi connectivity index (χ0n) is 16.4. The first-order chi connectivity index (χ1) is 13.6. The van der Waals surface area contributed by atoms with E-state index in [4.69, 9.17) is 26.6 Å². The summed E-state index contributed by atoms with van der Waals surface area (Å²) in [4.78, 5) is 11.5. The molecule has 0 spiro atoms. The van der Waals surface area contributed by atoms with Gasteiger partial charge in [0, 0.05) is 30.7 Å². The first kappa shape index (κ1) is 21.6. The van der Waals surface area contributed by atoms with E-state index >= 15 is 0 Å². The average molecular weight is 440 g/mol. The van der Waals surface area contributed by atoms with Crippen molar-refractivity contribution < 1.29 is 17.9 Å². The van der Waals surface area contributed by atoms with Crippen LogP contribution in [0.1, 0.15) is 25.3 Å². The number of nitrogens with zero attached hydrogens (tertiary/aromatic N) is 5. The van der Waals surface area contributed by atoms with E-state index in [9.17, 15) is 8.42 Å². The second kappa shape index (κ2) is 8.31. The Morgan fingerprint density at radius 2 is 2.07 bits per heavy atom. The fourth-order valence-electron chi connectivity index (χ4n) is 3.64. The lowest BCUT2D eigenvalue weighted by atomic mass is 9.84. The third-order valence-electron chi connectivity index (χ3n) is 4.98. The summed E-state index contributed by atoms with van der Waals surface area (Å²) in [6, 6.07) is 1.68. The van der Waals surface area contributed by atoms with E-state index in [0.717, 1.165) is 0 Å². The molecule has 156 valence electrons. The molecule has 1 saturated carbocycles. The Balaban J connectivity index is 1.93. The number of halogens is 1. The molecule has 1 atom stereocenters. The largest absolute Gasteiger partial charge is 0.474 e. The summed E-state index contributed by atoms with van der Waals surface area (Å²) in [6.07, 6.45) is 5.60. The van der Waals surface area contributed by atoms with Crippen LogP contribution in [0.5, 0.6) is 5.88 Å². The van der Waals surface area contributed by atoms with Crippen LogP contribution in [0.25, 0.3) is 21.2 Å². The topological polar surface area (TPSA) is 127 Å².